The predicted octanol–water partition coefficient (Wildman–Crippen LogP) is 4.85. The van der Waals surface area contributed by atoms with Crippen molar-refractivity contribution in [1.29, 1.82) is 0 Å². The van der Waals surface area contributed by atoms with Crippen molar-refractivity contribution in [3.63, 3.8) is 0 Å². The van der Waals surface area contributed by atoms with Crippen LogP contribution in [0.4, 0.5) is 0 Å². The van der Waals surface area contributed by atoms with E-state index in [9.17, 15) is 9.90 Å². The molecule has 0 saturated heterocycles. The van der Waals surface area contributed by atoms with Crippen molar-refractivity contribution in [2.24, 2.45) is 4.99 Å². The number of phenols is 1. The van der Waals surface area contributed by atoms with Gasteiger partial charge in [0.25, 0.3) is 5.56 Å². The van der Waals surface area contributed by atoms with Crippen molar-refractivity contribution in [3.8, 4) is 5.75 Å². The van der Waals surface area contributed by atoms with Crippen molar-refractivity contribution < 1.29 is 5.11 Å². The topological polar surface area (TPSA) is 54.6 Å². The van der Waals surface area contributed by atoms with Crippen molar-refractivity contribution in [3.05, 3.63) is 111 Å². The summed E-state index contributed by atoms with van der Waals surface area (Å²) in [5, 5.41) is 11.9. The molecular weight excluding hydrogens is 504 g/mol. The first-order valence-corrected chi connectivity index (χ1v) is 12.7. The Morgan fingerprint density at radius 1 is 1.12 bits per heavy atom. The van der Waals surface area contributed by atoms with Gasteiger partial charge in [-0.25, -0.2) is 4.99 Å². The molecule has 1 aliphatic carbocycles. The summed E-state index contributed by atoms with van der Waals surface area (Å²) in [4.78, 5) is 20.5. The van der Waals surface area contributed by atoms with Crippen LogP contribution < -0.4 is 14.9 Å². The lowest BCUT2D eigenvalue weighted by molar-refractivity contribution is 0.472. The lowest BCUT2D eigenvalue weighted by Crippen LogP contribution is -2.38. The molecule has 4 aromatic rings. The molecule has 1 N–H and O–H groups in total. The van der Waals surface area contributed by atoms with Gasteiger partial charge in [0.15, 0.2) is 4.80 Å². The fourth-order valence-electron chi connectivity index (χ4n) is 4.48. The second-order valence-corrected chi connectivity index (χ2v) is 10.7. The Morgan fingerprint density at radius 2 is 2.00 bits per heavy atom. The Balaban J connectivity index is 1.61. The average molecular weight is 521 g/mol. The molecule has 0 amide bonds. The molecule has 2 aromatic carbocycles. The zero-order valence-corrected chi connectivity index (χ0v) is 20.0. The summed E-state index contributed by atoms with van der Waals surface area (Å²) in [5.41, 5.74) is 5.55. The van der Waals surface area contributed by atoms with E-state index >= 15 is 0 Å². The van der Waals surface area contributed by atoms with Crippen LogP contribution in [0.2, 0.25) is 0 Å². The number of phenolic OH excluding ortho intramolecular Hbond substituents is 1. The summed E-state index contributed by atoms with van der Waals surface area (Å²) in [6.45, 7) is 0. The van der Waals surface area contributed by atoms with Crippen LogP contribution in [0.5, 0.6) is 5.75 Å². The summed E-state index contributed by atoms with van der Waals surface area (Å²) in [5.74, 6) is 0.174. The van der Waals surface area contributed by atoms with E-state index in [1.54, 1.807) is 23.5 Å². The Morgan fingerprint density at radius 3 is 2.81 bits per heavy atom. The first-order valence-electron chi connectivity index (χ1n) is 10.2. The molecule has 2 aromatic heterocycles. The second kappa shape index (κ2) is 7.69. The highest BCUT2D eigenvalue weighted by atomic mass is 79.9. The minimum Gasteiger partial charge on any atom is -0.507 e. The molecule has 6 rings (SSSR count). The zero-order chi connectivity index (χ0) is 21.8. The number of hydrogen-bond acceptors (Lipinski definition) is 5. The van der Waals surface area contributed by atoms with E-state index in [2.05, 4.69) is 51.6 Å². The maximum absolute atomic E-state index is 13.6. The normalized spacial score (nSPS) is 17.5. The summed E-state index contributed by atoms with van der Waals surface area (Å²) in [6.07, 6.45) is 3.72. The largest absolute Gasteiger partial charge is 0.507 e. The number of rotatable bonds is 2. The summed E-state index contributed by atoms with van der Waals surface area (Å²) in [7, 11) is 0. The second-order valence-electron chi connectivity index (χ2n) is 7.84. The number of aromatic hydroxyl groups is 1. The maximum atomic E-state index is 13.6. The molecule has 1 aliphatic heterocycles. The van der Waals surface area contributed by atoms with E-state index in [1.165, 1.54) is 28.0 Å². The van der Waals surface area contributed by atoms with Gasteiger partial charge in [0.05, 0.1) is 20.7 Å². The summed E-state index contributed by atoms with van der Waals surface area (Å²) < 4.78 is 3.10. The van der Waals surface area contributed by atoms with Gasteiger partial charge >= 0.3 is 0 Å². The molecule has 0 fully saturated rings. The van der Waals surface area contributed by atoms with E-state index in [0.717, 1.165) is 33.8 Å². The summed E-state index contributed by atoms with van der Waals surface area (Å²) >= 11 is 6.45. The van der Waals surface area contributed by atoms with Crippen LogP contribution in [0, 0.1) is 0 Å². The van der Waals surface area contributed by atoms with Gasteiger partial charge in [-0.1, -0.05) is 47.7 Å². The van der Waals surface area contributed by atoms with Gasteiger partial charge in [-0.3, -0.25) is 9.36 Å². The third kappa shape index (κ3) is 3.15. The van der Waals surface area contributed by atoms with Crippen LogP contribution in [0.1, 0.15) is 34.0 Å². The van der Waals surface area contributed by atoms with Crippen LogP contribution in [0.25, 0.3) is 11.8 Å². The number of hydrogen-bond donors (Lipinski definition) is 1. The third-order valence-corrected chi connectivity index (χ3v) is 8.50. The first kappa shape index (κ1) is 19.9. The van der Waals surface area contributed by atoms with E-state index in [4.69, 9.17) is 4.99 Å². The monoisotopic (exact) mass is 520 g/mol. The molecule has 2 aliphatic rings. The maximum Gasteiger partial charge on any atom is 0.271 e. The zero-order valence-electron chi connectivity index (χ0n) is 16.8. The predicted molar refractivity (Wildman–Crippen MR) is 133 cm³/mol. The highest BCUT2D eigenvalue weighted by Gasteiger charge is 2.32. The fraction of sp³-hybridized carbons (Fsp3) is 0.120. The van der Waals surface area contributed by atoms with Gasteiger partial charge in [0, 0.05) is 10.4 Å². The highest BCUT2D eigenvalue weighted by Crippen LogP contribution is 2.42. The molecule has 1 atom stereocenters. The number of aromatic nitrogens is 1. The molecule has 0 unspecified atom stereocenters. The molecule has 7 heteroatoms. The quantitative estimate of drug-likeness (QED) is 0.410. The number of thiophene rings is 1. The fourth-order valence-corrected chi connectivity index (χ4v) is 6.73. The van der Waals surface area contributed by atoms with Gasteiger partial charge in [0.1, 0.15) is 5.75 Å². The number of allylic oxidation sites excluding steroid dienone is 1. The number of nitrogens with zero attached hydrogens (tertiary/aromatic N) is 2. The SMILES string of the molecule is O=c1/c(=C\c2ccc(O)c(Br)c2)sc2n1[C@H](c1cccs1)C1=C(N=2)c2ccccc2CC1. The van der Waals surface area contributed by atoms with Gasteiger partial charge in [-0.05, 0) is 75.1 Å². The van der Waals surface area contributed by atoms with Crippen LogP contribution in [0.15, 0.2) is 79.8 Å². The van der Waals surface area contributed by atoms with Crippen LogP contribution in [0.3, 0.4) is 0 Å². The minimum absolute atomic E-state index is 0.0262. The first-order chi connectivity index (χ1) is 15.6. The molecule has 158 valence electrons. The van der Waals surface area contributed by atoms with E-state index in [-0.39, 0.29) is 17.4 Å². The standard InChI is InChI=1S/C25H17BrN2O2S2/c26-18-12-14(7-10-19(18)29)13-21-24(30)28-23(20-6-3-11-31-20)17-9-8-15-4-1-2-5-16(15)22(17)27-25(28)32-21/h1-7,10-13,23,29H,8-9H2/b21-13+/t23-/m0/s1. The molecular formula is C25H17BrN2O2S2. The molecule has 0 saturated carbocycles. The smallest absolute Gasteiger partial charge is 0.271 e. The number of benzene rings is 2. The molecule has 0 bridgehead atoms. The Labute approximate surface area is 200 Å². The minimum atomic E-state index is -0.122. The van der Waals surface area contributed by atoms with E-state index < -0.39 is 0 Å². The van der Waals surface area contributed by atoms with Crippen molar-refractivity contribution in [2.45, 2.75) is 18.9 Å². The van der Waals surface area contributed by atoms with Crippen molar-refractivity contribution in [2.75, 3.05) is 0 Å². The van der Waals surface area contributed by atoms with Gasteiger partial charge in [0.2, 0.25) is 0 Å². The molecule has 3 heterocycles. The summed E-state index contributed by atoms with van der Waals surface area (Å²) in [6, 6.07) is 17.7. The Kier molecular flexibility index (Phi) is 4.78. The molecule has 32 heavy (non-hydrogen) atoms. The van der Waals surface area contributed by atoms with Crippen LogP contribution in [-0.4, -0.2) is 9.67 Å². The van der Waals surface area contributed by atoms with E-state index in [0.29, 0.717) is 9.01 Å². The van der Waals surface area contributed by atoms with E-state index in [1.807, 2.05) is 22.8 Å². The number of aryl methyl sites for hydroxylation is 1. The highest BCUT2D eigenvalue weighted by molar-refractivity contribution is 9.10. The molecule has 0 spiro atoms. The lowest BCUT2D eigenvalue weighted by atomic mass is 9.85. The van der Waals surface area contributed by atoms with Gasteiger partial charge in [-0.2, -0.15) is 0 Å². The average Bonchev–Trinajstić information content (AvgIpc) is 3.44. The van der Waals surface area contributed by atoms with Crippen LogP contribution in [-0.2, 0) is 6.42 Å². The van der Waals surface area contributed by atoms with Gasteiger partial charge < -0.3 is 5.11 Å². The van der Waals surface area contributed by atoms with Crippen LogP contribution >= 0.6 is 38.6 Å². The number of halogens is 1. The molecule has 0 radical (unpaired) electrons. The third-order valence-electron chi connectivity index (χ3n) is 5.96. The number of fused-ring (bicyclic) bond motifs is 3. The Hall–Kier alpha value is -2.74. The van der Waals surface area contributed by atoms with Crippen molar-refractivity contribution in [1.82, 2.24) is 4.57 Å². The molecule has 4 nitrogen and oxygen atoms in total. The number of thiazole rings is 1. The van der Waals surface area contributed by atoms with Gasteiger partial charge in [-0.15, -0.1) is 11.3 Å². The Bertz CT molecular complexity index is 1580. The van der Waals surface area contributed by atoms with Crippen molar-refractivity contribution >= 4 is 50.4 Å². The lowest BCUT2D eigenvalue weighted by Gasteiger charge is -2.30.